The van der Waals surface area contributed by atoms with Gasteiger partial charge in [-0.2, -0.15) is 11.8 Å². The molecule has 88 valence electrons. The number of hydrogen-bond acceptors (Lipinski definition) is 2. The van der Waals surface area contributed by atoms with E-state index in [1.807, 2.05) is 31.2 Å². The Hall–Kier alpha value is -0.670. The second-order valence-corrected chi connectivity index (χ2v) is 5.48. The van der Waals surface area contributed by atoms with E-state index in [-0.39, 0.29) is 6.42 Å². The molecular formula is C12H15ClO2S. The molecule has 1 aromatic carbocycles. The maximum atomic E-state index is 10.4. The summed E-state index contributed by atoms with van der Waals surface area (Å²) >= 11 is 7.77. The Kier molecular flexibility index (Phi) is 5.71. The highest BCUT2D eigenvalue weighted by molar-refractivity contribution is 7.99. The van der Waals surface area contributed by atoms with Gasteiger partial charge in [-0.15, -0.1) is 0 Å². The Balaban J connectivity index is 2.34. The van der Waals surface area contributed by atoms with Crippen molar-refractivity contribution < 1.29 is 9.90 Å². The molecule has 0 saturated heterocycles. The predicted molar refractivity (Wildman–Crippen MR) is 69.1 cm³/mol. The molecule has 1 rings (SSSR count). The molecule has 1 N–H and O–H groups in total. The third-order valence-corrected chi connectivity index (χ3v) is 3.90. The van der Waals surface area contributed by atoms with Gasteiger partial charge in [-0.25, -0.2) is 0 Å². The maximum Gasteiger partial charge on any atom is 0.303 e. The third kappa shape index (κ3) is 4.90. The molecule has 1 unspecified atom stereocenters. The molecule has 0 fully saturated rings. The molecule has 0 spiro atoms. The van der Waals surface area contributed by atoms with Crippen molar-refractivity contribution >= 4 is 29.3 Å². The summed E-state index contributed by atoms with van der Waals surface area (Å²) in [5.74, 6) is 0.102. The van der Waals surface area contributed by atoms with Crippen molar-refractivity contribution in [3.8, 4) is 0 Å². The lowest BCUT2D eigenvalue weighted by Crippen LogP contribution is -2.02. The van der Waals surface area contributed by atoms with Gasteiger partial charge in [-0.05, 0) is 18.1 Å². The monoisotopic (exact) mass is 258 g/mol. The van der Waals surface area contributed by atoms with E-state index in [1.54, 1.807) is 11.8 Å². The molecule has 0 saturated carbocycles. The summed E-state index contributed by atoms with van der Waals surface area (Å²) in [6, 6.07) is 7.74. The lowest BCUT2D eigenvalue weighted by Gasteiger charge is -2.10. The summed E-state index contributed by atoms with van der Waals surface area (Å²) in [6.45, 7) is 2.05. The van der Waals surface area contributed by atoms with Gasteiger partial charge in [0.1, 0.15) is 0 Å². The summed E-state index contributed by atoms with van der Waals surface area (Å²) in [7, 11) is 0. The highest BCUT2D eigenvalue weighted by atomic mass is 35.5. The molecule has 4 heteroatoms. The molecule has 0 amide bonds. The summed E-state index contributed by atoms with van der Waals surface area (Å²) in [5.41, 5.74) is 1.11. The van der Waals surface area contributed by atoms with Crippen molar-refractivity contribution in [3.05, 3.63) is 34.9 Å². The summed E-state index contributed by atoms with van der Waals surface area (Å²) in [6.07, 6.45) is 0.932. The zero-order valence-corrected chi connectivity index (χ0v) is 10.7. The fourth-order valence-electron chi connectivity index (χ4n) is 1.26. The zero-order chi connectivity index (χ0) is 12.0. The minimum absolute atomic E-state index is 0.233. The van der Waals surface area contributed by atoms with Crippen LogP contribution in [0.3, 0.4) is 0 Å². The van der Waals surface area contributed by atoms with Crippen LogP contribution in [0.4, 0.5) is 0 Å². The van der Waals surface area contributed by atoms with Gasteiger partial charge in [0.2, 0.25) is 0 Å². The summed E-state index contributed by atoms with van der Waals surface area (Å²) in [4.78, 5) is 10.4. The number of hydrogen-bond donors (Lipinski definition) is 1. The first-order valence-electron chi connectivity index (χ1n) is 5.16. The average molecular weight is 259 g/mol. The van der Waals surface area contributed by atoms with E-state index in [2.05, 4.69) is 0 Å². The largest absolute Gasteiger partial charge is 0.481 e. The van der Waals surface area contributed by atoms with Gasteiger partial charge in [0.05, 0.1) is 0 Å². The highest BCUT2D eigenvalue weighted by Gasteiger charge is 2.07. The molecule has 0 bridgehead atoms. The first-order valence-corrected chi connectivity index (χ1v) is 6.59. The van der Waals surface area contributed by atoms with E-state index in [1.165, 1.54) is 0 Å². The molecule has 0 radical (unpaired) electrons. The molecule has 2 nitrogen and oxygen atoms in total. The van der Waals surface area contributed by atoms with Crippen LogP contribution in [0, 0.1) is 0 Å². The Bertz CT molecular complexity index is 355. The average Bonchev–Trinajstić information content (AvgIpc) is 2.25. The van der Waals surface area contributed by atoms with Crippen LogP contribution >= 0.6 is 23.4 Å². The fraction of sp³-hybridized carbons (Fsp3) is 0.417. The lowest BCUT2D eigenvalue weighted by atomic mass is 10.2. The van der Waals surface area contributed by atoms with Crippen LogP contribution in [0.2, 0.25) is 5.02 Å². The number of carboxylic acid groups (broad SMARTS) is 1. The van der Waals surface area contributed by atoms with Gasteiger partial charge in [-0.1, -0.05) is 36.7 Å². The van der Waals surface area contributed by atoms with Crippen molar-refractivity contribution in [3.63, 3.8) is 0 Å². The molecule has 1 atom stereocenters. The van der Waals surface area contributed by atoms with Crippen LogP contribution < -0.4 is 0 Å². The van der Waals surface area contributed by atoms with Crippen molar-refractivity contribution in [2.45, 2.75) is 30.8 Å². The highest BCUT2D eigenvalue weighted by Crippen LogP contribution is 2.25. The molecule has 0 aliphatic carbocycles. The summed E-state index contributed by atoms with van der Waals surface area (Å²) in [5, 5.41) is 9.68. The van der Waals surface area contributed by atoms with E-state index >= 15 is 0 Å². The number of benzene rings is 1. The second kappa shape index (κ2) is 6.81. The minimum Gasteiger partial charge on any atom is -0.481 e. The Morgan fingerprint density at radius 3 is 2.81 bits per heavy atom. The van der Waals surface area contributed by atoms with Crippen molar-refractivity contribution in [1.29, 1.82) is 0 Å². The number of aliphatic carboxylic acids is 1. The predicted octanol–water partition coefficient (Wildman–Crippen LogP) is 3.83. The van der Waals surface area contributed by atoms with E-state index < -0.39 is 5.97 Å². The van der Waals surface area contributed by atoms with Crippen LogP contribution in [-0.4, -0.2) is 16.3 Å². The van der Waals surface area contributed by atoms with Gasteiger partial charge < -0.3 is 5.11 Å². The molecule has 16 heavy (non-hydrogen) atoms. The van der Waals surface area contributed by atoms with Crippen LogP contribution in [0.5, 0.6) is 0 Å². The third-order valence-electron chi connectivity index (χ3n) is 2.25. The number of carbonyl (C=O) groups is 1. The Morgan fingerprint density at radius 1 is 1.50 bits per heavy atom. The topological polar surface area (TPSA) is 37.3 Å². The fourth-order valence-corrected chi connectivity index (χ4v) is 2.54. The van der Waals surface area contributed by atoms with Crippen molar-refractivity contribution in [2.24, 2.45) is 0 Å². The van der Waals surface area contributed by atoms with E-state index in [0.29, 0.717) is 11.7 Å². The van der Waals surface area contributed by atoms with Gasteiger partial charge in [0, 0.05) is 22.4 Å². The first-order chi connectivity index (χ1) is 7.59. The van der Waals surface area contributed by atoms with Gasteiger partial charge >= 0.3 is 5.97 Å². The standard InChI is InChI=1S/C12H15ClO2S/c1-9(6-7-12(14)15)16-8-10-4-2-3-5-11(10)13/h2-5,9H,6-8H2,1H3,(H,14,15). The normalized spacial score (nSPS) is 12.4. The number of halogens is 1. The molecule has 0 aromatic heterocycles. The zero-order valence-electron chi connectivity index (χ0n) is 9.15. The quantitative estimate of drug-likeness (QED) is 0.843. The summed E-state index contributed by atoms with van der Waals surface area (Å²) < 4.78 is 0. The Morgan fingerprint density at radius 2 is 2.19 bits per heavy atom. The lowest BCUT2D eigenvalue weighted by molar-refractivity contribution is -0.137. The molecule has 0 heterocycles. The van der Waals surface area contributed by atoms with Crippen molar-refractivity contribution in [1.82, 2.24) is 0 Å². The maximum absolute atomic E-state index is 10.4. The number of rotatable bonds is 6. The van der Waals surface area contributed by atoms with E-state index in [9.17, 15) is 4.79 Å². The Labute approximate surface area is 105 Å². The second-order valence-electron chi connectivity index (χ2n) is 3.65. The van der Waals surface area contributed by atoms with Gasteiger partial charge in [-0.3, -0.25) is 4.79 Å². The van der Waals surface area contributed by atoms with E-state index in [0.717, 1.165) is 16.3 Å². The van der Waals surface area contributed by atoms with Crippen LogP contribution in [-0.2, 0) is 10.5 Å². The molecule has 1 aromatic rings. The smallest absolute Gasteiger partial charge is 0.303 e. The minimum atomic E-state index is -0.731. The van der Waals surface area contributed by atoms with E-state index in [4.69, 9.17) is 16.7 Å². The number of thioether (sulfide) groups is 1. The van der Waals surface area contributed by atoms with Crippen LogP contribution in [0.1, 0.15) is 25.3 Å². The first kappa shape index (κ1) is 13.4. The molecular weight excluding hydrogens is 244 g/mol. The van der Waals surface area contributed by atoms with Crippen LogP contribution in [0.25, 0.3) is 0 Å². The van der Waals surface area contributed by atoms with Crippen molar-refractivity contribution in [2.75, 3.05) is 0 Å². The van der Waals surface area contributed by atoms with Gasteiger partial charge in [0.15, 0.2) is 0 Å². The van der Waals surface area contributed by atoms with Gasteiger partial charge in [0.25, 0.3) is 0 Å². The molecule has 0 aliphatic heterocycles. The molecule has 0 aliphatic rings. The SMILES string of the molecule is CC(CCC(=O)O)SCc1ccccc1Cl. The number of carboxylic acids is 1. The van der Waals surface area contributed by atoms with Crippen LogP contribution in [0.15, 0.2) is 24.3 Å².